The molecule has 3 nitrogen and oxygen atoms in total. The van der Waals surface area contributed by atoms with Crippen LogP contribution in [0.4, 0.5) is 4.39 Å². The van der Waals surface area contributed by atoms with Gasteiger partial charge in [-0.05, 0) is 42.1 Å². The third kappa shape index (κ3) is 2.94. The Hall–Kier alpha value is -2.40. The average molecular weight is 315 g/mol. The van der Waals surface area contributed by atoms with Crippen molar-refractivity contribution >= 4 is 17.2 Å². The van der Waals surface area contributed by atoms with Crippen LogP contribution in [0, 0.1) is 12.7 Å². The molecule has 0 saturated carbocycles. The number of hydrogen-bond acceptors (Lipinski definition) is 3. The number of aryl methyl sites for hydroxylation is 1. The number of carbonyl (C=O) groups excluding carboxylic acids is 1. The fourth-order valence-electron chi connectivity index (χ4n) is 2.23. The highest BCUT2D eigenvalue weighted by atomic mass is 32.1. The molecule has 22 heavy (non-hydrogen) atoms. The van der Waals surface area contributed by atoms with Gasteiger partial charge in [0.25, 0.3) is 5.91 Å². The number of nitrogens with one attached hydrogen (secondary N) is 1. The molecule has 1 amide bonds. The van der Waals surface area contributed by atoms with Crippen LogP contribution < -0.4 is 5.32 Å². The Morgan fingerprint density at radius 2 is 2.00 bits per heavy atom. The summed E-state index contributed by atoms with van der Waals surface area (Å²) < 4.78 is 18.4. The molecule has 0 bridgehead atoms. The second kappa shape index (κ2) is 6.15. The van der Waals surface area contributed by atoms with Crippen molar-refractivity contribution in [2.75, 3.05) is 0 Å². The van der Waals surface area contributed by atoms with Crippen LogP contribution in [0.1, 0.15) is 32.6 Å². The number of amides is 1. The molecule has 1 N–H and O–H groups in total. The van der Waals surface area contributed by atoms with Crippen molar-refractivity contribution < 1.29 is 13.6 Å². The van der Waals surface area contributed by atoms with Gasteiger partial charge in [-0.15, -0.1) is 11.3 Å². The van der Waals surface area contributed by atoms with Crippen LogP contribution in [0.3, 0.4) is 0 Å². The number of halogens is 1. The largest absolute Gasteiger partial charge is 0.459 e. The first kappa shape index (κ1) is 14.5. The smallest absolute Gasteiger partial charge is 0.288 e. The zero-order valence-electron chi connectivity index (χ0n) is 11.9. The molecule has 1 aromatic carbocycles. The minimum atomic E-state index is -0.336. The Morgan fingerprint density at radius 1 is 1.23 bits per heavy atom. The second-order valence-corrected chi connectivity index (χ2v) is 5.89. The summed E-state index contributed by atoms with van der Waals surface area (Å²) in [6, 6.07) is 11.4. The monoisotopic (exact) mass is 315 g/mol. The van der Waals surface area contributed by atoms with Gasteiger partial charge >= 0.3 is 0 Å². The van der Waals surface area contributed by atoms with Crippen molar-refractivity contribution in [1.82, 2.24) is 5.32 Å². The summed E-state index contributed by atoms with van der Waals surface area (Å²) >= 11 is 1.53. The second-order valence-electron chi connectivity index (χ2n) is 4.91. The van der Waals surface area contributed by atoms with Crippen molar-refractivity contribution in [3.8, 4) is 0 Å². The fraction of sp³-hybridized carbons (Fsp3) is 0.118. The molecule has 2 aromatic heterocycles. The van der Waals surface area contributed by atoms with Gasteiger partial charge in [-0.3, -0.25) is 4.79 Å². The normalized spacial score (nSPS) is 12.1. The standard InChI is InChI=1S/C17H14FNO2S/c1-11-8-9-21-16(11)17(20)19-15(14-3-2-10-22-14)12-4-6-13(18)7-5-12/h2-10,15H,1H3,(H,19,20)/t15-/m0/s1. The maximum atomic E-state index is 13.1. The van der Waals surface area contributed by atoms with E-state index >= 15 is 0 Å². The highest BCUT2D eigenvalue weighted by Crippen LogP contribution is 2.27. The van der Waals surface area contributed by atoms with Gasteiger partial charge in [0.15, 0.2) is 5.76 Å². The van der Waals surface area contributed by atoms with Gasteiger partial charge in [-0.2, -0.15) is 0 Å². The molecular formula is C17H14FNO2S. The Bertz CT molecular complexity index is 762. The molecule has 2 heterocycles. The number of furan rings is 1. The van der Waals surface area contributed by atoms with Gasteiger partial charge in [-0.25, -0.2) is 4.39 Å². The molecule has 0 aliphatic heterocycles. The zero-order valence-corrected chi connectivity index (χ0v) is 12.7. The highest BCUT2D eigenvalue weighted by Gasteiger charge is 2.21. The molecule has 5 heteroatoms. The average Bonchev–Trinajstić information content (AvgIpc) is 3.17. The molecule has 0 aliphatic rings. The Labute approximate surface area is 131 Å². The van der Waals surface area contributed by atoms with Crippen LogP contribution in [0.15, 0.2) is 58.5 Å². The molecule has 3 aromatic rings. The predicted octanol–water partition coefficient (Wildman–Crippen LogP) is 4.31. The van der Waals surface area contributed by atoms with Crippen molar-refractivity contribution in [2.45, 2.75) is 13.0 Å². The van der Waals surface area contributed by atoms with E-state index in [2.05, 4.69) is 5.32 Å². The van der Waals surface area contributed by atoms with Crippen molar-refractivity contribution in [3.05, 3.63) is 81.7 Å². The van der Waals surface area contributed by atoms with Crippen LogP contribution in [0.5, 0.6) is 0 Å². The van der Waals surface area contributed by atoms with Crippen molar-refractivity contribution in [3.63, 3.8) is 0 Å². The summed E-state index contributed by atoms with van der Waals surface area (Å²) in [6.45, 7) is 1.82. The molecule has 0 saturated heterocycles. The Balaban J connectivity index is 1.91. The van der Waals surface area contributed by atoms with E-state index in [1.807, 2.05) is 24.4 Å². The lowest BCUT2D eigenvalue weighted by Crippen LogP contribution is -2.29. The number of thiophene rings is 1. The molecule has 112 valence electrons. The van der Waals surface area contributed by atoms with Gasteiger partial charge in [0.1, 0.15) is 5.82 Å². The quantitative estimate of drug-likeness (QED) is 0.779. The minimum Gasteiger partial charge on any atom is -0.459 e. The van der Waals surface area contributed by atoms with Crippen molar-refractivity contribution in [2.24, 2.45) is 0 Å². The van der Waals surface area contributed by atoms with Gasteiger partial charge in [-0.1, -0.05) is 18.2 Å². The number of carbonyl (C=O) groups is 1. The van der Waals surface area contributed by atoms with Gasteiger partial charge in [0.2, 0.25) is 0 Å². The predicted molar refractivity (Wildman–Crippen MR) is 83.5 cm³/mol. The zero-order chi connectivity index (χ0) is 15.5. The summed E-state index contributed by atoms with van der Waals surface area (Å²) in [5.74, 6) is -0.296. The summed E-state index contributed by atoms with van der Waals surface area (Å²) in [5, 5.41) is 4.89. The summed E-state index contributed by atoms with van der Waals surface area (Å²) in [4.78, 5) is 13.4. The molecule has 0 spiro atoms. The van der Waals surface area contributed by atoms with Gasteiger partial charge < -0.3 is 9.73 Å². The molecule has 1 atom stereocenters. The van der Waals surface area contributed by atoms with Crippen LogP contribution in [0.25, 0.3) is 0 Å². The topological polar surface area (TPSA) is 42.2 Å². The van der Waals surface area contributed by atoms with E-state index in [0.717, 1.165) is 16.0 Å². The van der Waals surface area contributed by atoms with Crippen LogP contribution >= 0.6 is 11.3 Å². The van der Waals surface area contributed by atoms with E-state index in [0.29, 0.717) is 5.76 Å². The first-order valence-electron chi connectivity index (χ1n) is 6.79. The number of rotatable bonds is 4. The van der Waals surface area contributed by atoms with E-state index in [4.69, 9.17) is 4.42 Å². The first-order valence-corrected chi connectivity index (χ1v) is 7.67. The van der Waals surface area contributed by atoms with Crippen molar-refractivity contribution in [1.29, 1.82) is 0 Å². The lowest BCUT2D eigenvalue weighted by atomic mass is 10.0. The molecule has 0 fully saturated rings. The Kier molecular flexibility index (Phi) is 4.06. The summed E-state index contributed by atoms with van der Waals surface area (Å²) in [7, 11) is 0. The molecule has 0 radical (unpaired) electrons. The first-order chi connectivity index (χ1) is 10.6. The van der Waals surface area contributed by atoms with Gasteiger partial charge in [0.05, 0.1) is 12.3 Å². The maximum absolute atomic E-state index is 13.1. The third-order valence-electron chi connectivity index (χ3n) is 3.37. The van der Waals surface area contributed by atoms with Gasteiger partial charge in [0, 0.05) is 10.4 Å². The van der Waals surface area contributed by atoms with Crippen LogP contribution in [-0.4, -0.2) is 5.91 Å². The molecule has 3 rings (SSSR count). The van der Waals surface area contributed by atoms with Crippen LogP contribution in [0.2, 0.25) is 0 Å². The fourth-order valence-corrected chi connectivity index (χ4v) is 3.03. The number of benzene rings is 1. The van der Waals surface area contributed by atoms with E-state index in [-0.39, 0.29) is 17.8 Å². The molecular weight excluding hydrogens is 301 g/mol. The van der Waals surface area contributed by atoms with E-state index in [1.165, 1.54) is 29.7 Å². The maximum Gasteiger partial charge on any atom is 0.288 e. The van der Waals surface area contributed by atoms with E-state index in [1.54, 1.807) is 18.2 Å². The lowest BCUT2D eigenvalue weighted by molar-refractivity contribution is 0.0914. The Morgan fingerprint density at radius 3 is 2.59 bits per heavy atom. The van der Waals surface area contributed by atoms with Crippen LogP contribution in [-0.2, 0) is 0 Å². The van der Waals surface area contributed by atoms with E-state index < -0.39 is 0 Å². The number of hydrogen-bond donors (Lipinski definition) is 1. The third-order valence-corrected chi connectivity index (χ3v) is 4.31. The molecule has 0 unspecified atom stereocenters. The van der Waals surface area contributed by atoms with E-state index in [9.17, 15) is 9.18 Å². The summed E-state index contributed by atoms with van der Waals surface area (Å²) in [6.07, 6.45) is 1.49. The highest BCUT2D eigenvalue weighted by molar-refractivity contribution is 7.10. The lowest BCUT2D eigenvalue weighted by Gasteiger charge is -2.17. The SMILES string of the molecule is Cc1ccoc1C(=O)N[C@@H](c1ccc(F)cc1)c1cccs1. The summed E-state index contributed by atoms with van der Waals surface area (Å²) in [5.41, 5.74) is 1.60. The minimum absolute atomic E-state index is 0.287. The molecule has 0 aliphatic carbocycles.